The van der Waals surface area contributed by atoms with Gasteiger partial charge in [0.05, 0.1) is 32.6 Å². The van der Waals surface area contributed by atoms with E-state index in [1.165, 1.54) is 22.7 Å². The topological polar surface area (TPSA) is 76.6 Å². The number of ether oxygens (including phenoxy) is 2. The van der Waals surface area contributed by atoms with Crippen LogP contribution >= 0.6 is 22.7 Å². The first-order valence-electron chi connectivity index (χ1n) is 9.30. The Hall–Kier alpha value is -2.33. The van der Waals surface area contributed by atoms with E-state index in [-0.39, 0.29) is 5.91 Å². The number of carbonyl (C=O) groups is 1. The molecule has 1 amide bonds. The molecular weight excluding hydrogens is 408 g/mol. The summed E-state index contributed by atoms with van der Waals surface area (Å²) in [4.78, 5) is 25.0. The minimum Gasteiger partial charge on any atom is -0.497 e. The second-order valence-electron chi connectivity index (χ2n) is 6.62. The Morgan fingerprint density at radius 1 is 1.24 bits per heavy atom. The van der Waals surface area contributed by atoms with Crippen LogP contribution < -0.4 is 10.1 Å². The molecule has 3 heterocycles. The first-order valence-corrected chi connectivity index (χ1v) is 11.0. The minimum absolute atomic E-state index is 0.232. The van der Waals surface area contributed by atoms with E-state index >= 15 is 0 Å². The predicted molar refractivity (Wildman–Crippen MR) is 115 cm³/mol. The maximum atomic E-state index is 12.6. The van der Waals surface area contributed by atoms with Crippen LogP contribution in [0.2, 0.25) is 0 Å². The number of nitrogens with one attached hydrogen (secondary N) is 1. The van der Waals surface area contributed by atoms with Crippen LogP contribution in [-0.4, -0.2) is 54.2 Å². The Bertz CT molecular complexity index is 978. The zero-order chi connectivity index (χ0) is 20.2. The number of rotatable bonds is 6. The average Bonchev–Trinajstić information content (AvgIpc) is 3.35. The summed E-state index contributed by atoms with van der Waals surface area (Å²) in [6.45, 7) is 6.04. The molecule has 4 rings (SSSR count). The highest BCUT2D eigenvalue weighted by atomic mass is 32.1. The molecule has 0 aliphatic carbocycles. The standard InChI is InChI=1S/C20H22N4O3S2/c1-13-18(14-3-5-15(26-2)6-4-14)22-20(29-13)23-19(25)16-12-28-17(21-16)11-24-7-9-27-10-8-24/h3-6,12H,7-11H2,1-2H3,(H,22,23,25). The number of aryl methyl sites for hydroxylation is 1. The van der Waals surface area contributed by atoms with E-state index in [4.69, 9.17) is 9.47 Å². The molecule has 0 spiro atoms. The van der Waals surface area contributed by atoms with Gasteiger partial charge in [0.1, 0.15) is 16.5 Å². The van der Waals surface area contributed by atoms with Crippen molar-refractivity contribution in [3.63, 3.8) is 0 Å². The normalized spacial score (nSPS) is 14.7. The maximum absolute atomic E-state index is 12.6. The van der Waals surface area contributed by atoms with Gasteiger partial charge in [-0.2, -0.15) is 0 Å². The van der Waals surface area contributed by atoms with Gasteiger partial charge < -0.3 is 9.47 Å². The molecule has 1 fully saturated rings. The molecule has 2 aromatic heterocycles. The summed E-state index contributed by atoms with van der Waals surface area (Å²) in [6.07, 6.45) is 0. The number of aromatic nitrogens is 2. The number of thiazole rings is 2. The summed E-state index contributed by atoms with van der Waals surface area (Å²) >= 11 is 2.96. The van der Waals surface area contributed by atoms with Crippen LogP contribution in [-0.2, 0) is 11.3 Å². The van der Waals surface area contributed by atoms with Crippen LogP contribution in [0, 0.1) is 6.92 Å². The lowest BCUT2D eigenvalue weighted by Gasteiger charge is -2.25. The summed E-state index contributed by atoms with van der Waals surface area (Å²) in [5, 5.41) is 6.19. The van der Waals surface area contributed by atoms with Crippen LogP contribution in [0.15, 0.2) is 29.6 Å². The fourth-order valence-corrected chi connectivity index (χ4v) is 4.71. The van der Waals surface area contributed by atoms with Gasteiger partial charge in [0.2, 0.25) is 0 Å². The molecule has 1 aliphatic heterocycles. The van der Waals surface area contributed by atoms with E-state index in [2.05, 4.69) is 20.2 Å². The van der Waals surface area contributed by atoms with Crippen molar-refractivity contribution in [3.8, 4) is 17.0 Å². The molecule has 9 heteroatoms. The molecule has 152 valence electrons. The number of morpholine rings is 1. The van der Waals surface area contributed by atoms with Gasteiger partial charge in [-0.1, -0.05) is 0 Å². The fraction of sp³-hybridized carbons (Fsp3) is 0.350. The Kier molecular flexibility index (Phi) is 6.19. The van der Waals surface area contributed by atoms with Gasteiger partial charge in [-0.3, -0.25) is 15.0 Å². The third kappa shape index (κ3) is 4.81. The van der Waals surface area contributed by atoms with E-state index in [0.29, 0.717) is 10.8 Å². The van der Waals surface area contributed by atoms with Crippen LogP contribution in [0.3, 0.4) is 0 Å². The first kappa shape index (κ1) is 20.0. The van der Waals surface area contributed by atoms with Crippen molar-refractivity contribution in [1.29, 1.82) is 0 Å². The lowest BCUT2D eigenvalue weighted by molar-refractivity contribution is 0.0341. The van der Waals surface area contributed by atoms with Crippen molar-refractivity contribution in [2.45, 2.75) is 13.5 Å². The lowest BCUT2D eigenvalue weighted by Crippen LogP contribution is -2.35. The molecule has 1 aliphatic rings. The van der Waals surface area contributed by atoms with Crippen molar-refractivity contribution in [2.24, 2.45) is 0 Å². The molecule has 7 nitrogen and oxygen atoms in total. The number of methoxy groups -OCH3 is 1. The van der Waals surface area contributed by atoms with Gasteiger partial charge in [-0.15, -0.1) is 22.7 Å². The zero-order valence-corrected chi connectivity index (χ0v) is 17.9. The summed E-state index contributed by atoms with van der Waals surface area (Å²) in [7, 11) is 1.64. The molecule has 0 unspecified atom stereocenters. The monoisotopic (exact) mass is 430 g/mol. The second-order valence-corrected chi connectivity index (χ2v) is 8.77. The SMILES string of the molecule is COc1ccc(-c2nc(NC(=O)c3csc(CN4CCOCC4)n3)sc2C)cc1. The molecular formula is C20H22N4O3S2. The van der Waals surface area contributed by atoms with Gasteiger partial charge in [0.15, 0.2) is 5.13 Å². The molecule has 0 saturated carbocycles. The molecule has 0 bridgehead atoms. The molecule has 1 aromatic carbocycles. The summed E-state index contributed by atoms with van der Waals surface area (Å²) in [5.74, 6) is 0.566. The van der Waals surface area contributed by atoms with E-state index in [1.54, 1.807) is 12.5 Å². The number of benzene rings is 1. The Labute approximate surface area is 177 Å². The number of anilines is 1. The van der Waals surface area contributed by atoms with E-state index in [1.807, 2.05) is 31.2 Å². The minimum atomic E-state index is -0.232. The number of carbonyl (C=O) groups excluding carboxylic acids is 1. The van der Waals surface area contributed by atoms with E-state index < -0.39 is 0 Å². The summed E-state index contributed by atoms with van der Waals surface area (Å²) in [5.41, 5.74) is 2.28. The summed E-state index contributed by atoms with van der Waals surface area (Å²) in [6, 6.07) is 7.73. The quantitative estimate of drug-likeness (QED) is 0.643. The van der Waals surface area contributed by atoms with Crippen molar-refractivity contribution in [1.82, 2.24) is 14.9 Å². The third-order valence-corrected chi connectivity index (χ3v) is 6.35. The average molecular weight is 431 g/mol. The molecule has 1 N–H and O–H groups in total. The van der Waals surface area contributed by atoms with Gasteiger partial charge in [-0.25, -0.2) is 9.97 Å². The van der Waals surface area contributed by atoms with Crippen molar-refractivity contribution in [3.05, 3.63) is 45.2 Å². The predicted octanol–water partition coefficient (Wildman–Crippen LogP) is 3.67. The van der Waals surface area contributed by atoms with Crippen molar-refractivity contribution < 1.29 is 14.3 Å². The highest BCUT2D eigenvalue weighted by Gasteiger charge is 2.17. The second kappa shape index (κ2) is 9.00. The van der Waals surface area contributed by atoms with Gasteiger partial charge in [0.25, 0.3) is 5.91 Å². The van der Waals surface area contributed by atoms with Crippen LogP contribution in [0.4, 0.5) is 5.13 Å². The number of amides is 1. The molecule has 0 radical (unpaired) electrons. The van der Waals surface area contributed by atoms with E-state index in [0.717, 1.165) is 59.7 Å². The molecule has 3 aromatic rings. The smallest absolute Gasteiger partial charge is 0.276 e. The van der Waals surface area contributed by atoms with Crippen LogP contribution in [0.25, 0.3) is 11.3 Å². The molecule has 1 saturated heterocycles. The first-order chi connectivity index (χ1) is 14.1. The maximum Gasteiger partial charge on any atom is 0.276 e. The van der Waals surface area contributed by atoms with Gasteiger partial charge >= 0.3 is 0 Å². The van der Waals surface area contributed by atoms with Crippen molar-refractivity contribution >= 4 is 33.7 Å². The fourth-order valence-electron chi connectivity index (χ4n) is 3.07. The lowest BCUT2D eigenvalue weighted by atomic mass is 10.1. The van der Waals surface area contributed by atoms with Crippen LogP contribution in [0.1, 0.15) is 20.4 Å². The number of hydrogen-bond donors (Lipinski definition) is 1. The Morgan fingerprint density at radius 2 is 2.00 bits per heavy atom. The van der Waals surface area contributed by atoms with E-state index in [9.17, 15) is 4.79 Å². The molecule has 29 heavy (non-hydrogen) atoms. The van der Waals surface area contributed by atoms with Crippen LogP contribution in [0.5, 0.6) is 5.75 Å². The molecule has 0 atom stereocenters. The van der Waals surface area contributed by atoms with Gasteiger partial charge in [-0.05, 0) is 31.2 Å². The van der Waals surface area contributed by atoms with Gasteiger partial charge in [0, 0.05) is 28.9 Å². The third-order valence-electron chi connectivity index (χ3n) is 4.63. The zero-order valence-electron chi connectivity index (χ0n) is 16.3. The highest BCUT2D eigenvalue weighted by Crippen LogP contribution is 2.31. The Morgan fingerprint density at radius 3 is 2.72 bits per heavy atom. The largest absolute Gasteiger partial charge is 0.497 e. The summed E-state index contributed by atoms with van der Waals surface area (Å²) < 4.78 is 10.6. The Balaban J connectivity index is 1.42. The number of nitrogens with zero attached hydrogens (tertiary/aromatic N) is 3. The number of hydrogen-bond acceptors (Lipinski definition) is 8. The highest BCUT2D eigenvalue weighted by molar-refractivity contribution is 7.16. The van der Waals surface area contributed by atoms with Crippen molar-refractivity contribution in [2.75, 3.05) is 38.7 Å².